The van der Waals surface area contributed by atoms with Crippen LogP contribution in [0.25, 0.3) is 0 Å². The van der Waals surface area contributed by atoms with E-state index < -0.39 is 23.7 Å². The molecule has 0 aliphatic rings. The average Bonchev–Trinajstić information content (AvgIpc) is 2.87. The maximum atomic E-state index is 12.9. The number of carbonyl (C=O) groups excluding carboxylic acids is 2. The number of nitrogens with one attached hydrogen (secondary N) is 2. The second-order valence-corrected chi connectivity index (χ2v) is 10.5. The maximum absolute atomic E-state index is 12.9. The Morgan fingerprint density at radius 3 is 1.95 bits per heavy atom. The molecular weight excluding hydrogens is 584 g/mol. The summed E-state index contributed by atoms with van der Waals surface area (Å²) >= 11 is 13.6. The van der Waals surface area contributed by atoms with E-state index in [1.165, 1.54) is 6.07 Å². The van der Waals surface area contributed by atoms with E-state index in [0.717, 1.165) is 35.0 Å². The Hall–Kier alpha value is -3.66. The number of amides is 3. The van der Waals surface area contributed by atoms with Crippen molar-refractivity contribution in [1.82, 2.24) is 5.32 Å². The van der Waals surface area contributed by atoms with Crippen molar-refractivity contribution in [3.63, 3.8) is 0 Å². The van der Waals surface area contributed by atoms with Crippen LogP contribution in [0.2, 0.25) is 10.0 Å². The number of imide groups is 1. The number of anilines is 1. The summed E-state index contributed by atoms with van der Waals surface area (Å²) < 4.78 is 44.5. The predicted molar refractivity (Wildman–Crippen MR) is 151 cm³/mol. The minimum Gasteiger partial charge on any atom is -0.457 e. The third-order valence-electron chi connectivity index (χ3n) is 5.67. The van der Waals surface area contributed by atoms with Crippen LogP contribution in [0.3, 0.4) is 0 Å². The van der Waals surface area contributed by atoms with Gasteiger partial charge in [-0.3, -0.25) is 10.1 Å². The second kappa shape index (κ2) is 12.2. The van der Waals surface area contributed by atoms with Crippen LogP contribution in [-0.2, 0) is 6.18 Å². The standard InChI is InChI=1S/C29H21Cl2F3N2O3S/c1-16-4-3-5-17(2)26(16)27(37)36-28(38)35-19-7-9-20(10-8-19)39-21-11-13-25(23(31)15-21)40-24-12-6-18(14-22(24)30)29(32,33)34/h3-15H,1-2H3,(H2,35,36,37,38). The highest BCUT2D eigenvalue weighted by molar-refractivity contribution is 7.99. The van der Waals surface area contributed by atoms with Gasteiger partial charge >= 0.3 is 12.2 Å². The second-order valence-electron chi connectivity index (χ2n) is 8.64. The van der Waals surface area contributed by atoms with Gasteiger partial charge in [-0.25, -0.2) is 4.79 Å². The van der Waals surface area contributed by atoms with Gasteiger partial charge in [0, 0.05) is 27.1 Å². The lowest BCUT2D eigenvalue weighted by atomic mass is 10.0. The number of rotatable bonds is 6. The van der Waals surface area contributed by atoms with Crippen molar-refractivity contribution in [2.45, 2.75) is 29.8 Å². The van der Waals surface area contributed by atoms with Gasteiger partial charge in [0.25, 0.3) is 5.91 Å². The first-order chi connectivity index (χ1) is 18.9. The van der Waals surface area contributed by atoms with E-state index in [9.17, 15) is 22.8 Å². The van der Waals surface area contributed by atoms with Gasteiger partial charge in [-0.05, 0) is 79.6 Å². The molecule has 0 heterocycles. The normalized spacial score (nSPS) is 11.2. The van der Waals surface area contributed by atoms with Crippen LogP contribution in [0, 0.1) is 13.8 Å². The number of hydrogen-bond acceptors (Lipinski definition) is 4. The molecule has 0 fully saturated rings. The molecule has 40 heavy (non-hydrogen) atoms. The van der Waals surface area contributed by atoms with Crippen molar-refractivity contribution < 1.29 is 27.5 Å². The molecule has 0 atom stereocenters. The summed E-state index contributed by atoms with van der Waals surface area (Å²) in [6.07, 6.45) is -4.48. The first-order valence-electron chi connectivity index (χ1n) is 11.7. The van der Waals surface area contributed by atoms with Crippen LogP contribution >= 0.6 is 35.0 Å². The summed E-state index contributed by atoms with van der Waals surface area (Å²) in [6.45, 7) is 3.60. The zero-order chi connectivity index (χ0) is 29.0. The molecule has 0 spiro atoms. The van der Waals surface area contributed by atoms with Crippen molar-refractivity contribution >= 4 is 52.6 Å². The quantitative estimate of drug-likeness (QED) is 0.230. The molecule has 0 saturated heterocycles. The molecule has 0 bridgehead atoms. The number of hydrogen-bond donors (Lipinski definition) is 2. The summed E-state index contributed by atoms with van der Waals surface area (Å²) in [6, 6.07) is 19.3. The van der Waals surface area contributed by atoms with Crippen molar-refractivity contribution in [2.24, 2.45) is 0 Å². The van der Waals surface area contributed by atoms with E-state index in [2.05, 4.69) is 10.6 Å². The van der Waals surface area contributed by atoms with E-state index in [1.54, 1.807) is 68.4 Å². The van der Waals surface area contributed by atoms with E-state index in [0.29, 0.717) is 37.6 Å². The molecule has 0 aliphatic heterocycles. The van der Waals surface area contributed by atoms with E-state index in [4.69, 9.17) is 27.9 Å². The zero-order valence-corrected chi connectivity index (χ0v) is 23.4. The highest BCUT2D eigenvalue weighted by atomic mass is 35.5. The zero-order valence-electron chi connectivity index (χ0n) is 21.0. The van der Waals surface area contributed by atoms with Crippen LogP contribution in [0.5, 0.6) is 11.5 Å². The smallest absolute Gasteiger partial charge is 0.416 e. The molecule has 0 radical (unpaired) electrons. The third kappa shape index (κ3) is 7.29. The van der Waals surface area contributed by atoms with Gasteiger partial charge in [0.1, 0.15) is 11.5 Å². The fourth-order valence-corrected chi connectivity index (χ4v) is 5.15. The van der Waals surface area contributed by atoms with Gasteiger partial charge in [0.2, 0.25) is 0 Å². The van der Waals surface area contributed by atoms with Crippen molar-refractivity contribution in [2.75, 3.05) is 5.32 Å². The average molecular weight is 605 g/mol. The molecule has 4 rings (SSSR count). The monoisotopic (exact) mass is 604 g/mol. The topological polar surface area (TPSA) is 67.4 Å². The number of benzene rings is 4. The molecule has 3 amide bonds. The van der Waals surface area contributed by atoms with Crippen molar-refractivity contribution in [3.8, 4) is 11.5 Å². The summed E-state index contributed by atoms with van der Waals surface area (Å²) in [4.78, 5) is 25.8. The SMILES string of the molecule is Cc1cccc(C)c1C(=O)NC(=O)Nc1ccc(Oc2ccc(Sc3ccc(C(F)(F)F)cc3Cl)c(Cl)c2)cc1. The summed E-state index contributed by atoms with van der Waals surface area (Å²) in [5.41, 5.74) is 1.59. The Bertz CT molecular complexity index is 1560. The van der Waals surface area contributed by atoms with Gasteiger partial charge in [0.05, 0.1) is 15.6 Å². The van der Waals surface area contributed by atoms with E-state index in [-0.39, 0.29) is 5.02 Å². The molecule has 0 saturated carbocycles. The highest BCUT2D eigenvalue weighted by Crippen LogP contribution is 2.41. The number of urea groups is 1. The molecule has 2 N–H and O–H groups in total. The van der Waals surface area contributed by atoms with Gasteiger partial charge < -0.3 is 10.1 Å². The Morgan fingerprint density at radius 2 is 1.38 bits per heavy atom. The largest absolute Gasteiger partial charge is 0.457 e. The van der Waals surface area contributed by atoms with Gasteiger partial charge in [-0.15, -0.1) is 0 Å². The first kappa shape index (κ1) is 29.3. The third-order valence-corrected chi connectivity index (χ3v) is 7.67. The lowest BCUT2D eigenvalue weighted by Gasteiger charge is -2.12. The van der Waals surface area contributed by atoms with Crippen LogP contribution in [0.4, 0.5) is 23.7 Å². The lowest BCUT2D eigenvalue weighted by Crippen LogP contribution is -2.35. The Kier molecular flexibility index (Phi) is 8.98. The van der Waals surface area contributed by atoms with Crippen LogP contribution in [0.1, 0.15) is 27.0 Å². The van der Waals surface area contributed by atoms with Crippen LogP contribution in [0.15, 0.2) is 88.7 Å². The number of aryl methyl sites for hydroxylation is 2. The fourth-order valence-electron chi connectivity index (χ4n) is 3.75. The molecular formula is C29H21Cl2F3N2O3S. The van der Waals surface area contributed by atoms with Gasteiger partial charge in [-0.1, -0.05) is 53.2 Å². The van der Waals surface area contributed by atoms with Gasteiger partial charge in [-0.2, -0.15) is 13.2 Å². The number of ether oxygens (including phenoxy) is 1. The lowest BCUT2D eigenvalue weighted by molar-refractivity contribution is -0.137. The molecule has 4 aromatic rings. The molecule has 5 nitrogen and oxygen atoms in total. The summed E-state index contributed by atoms with van der Waals surface area (Å²) in [7, 11) is 0. The van der Waals surface area contributed by atoms with E-state index in [1.807, 2.05) is 6.07 Å². The van der Waals surface area contributed by atoms with Gasteiger partial charge in [0.15, 0.2) is 0 Å². The van der Waals surface area contributed by atoms with E-state index >= 15 is 0 Å². The Balaban J connectivity index is 1.36. The highest BCUT2D eigenvalue weighted by Gasteiger charge is 2.31. The molecule has 0 aromatic heterocycles. The Morgan fingerprint density at radius 1 is 0.800 bits per heavy atom. The van der Waals surface area contributed by atoms with Crippen LogP contribution in [-0.4, -0.2) is 11.9 Å². The minimum atomic E-state index is -4.48. The molecule has 0 unspecified atom stereocenters. The number of halogens is 5. The Labute approximate surface area is 242 Å². The predicted octanol–water partition coefficient (Wildman–Crippen LogP) is 9.53. The summed E-state index contributed by atoms with van der Waals surface area (Å²) in [5.74, 6) is 0.387. The summed E-state index contributed by atoms with van der Waals surface area (Å²) in [5, 5.41) is 5.22. The van der Waals surface area contributed by atoms with Crippen molar-refractivity contribution in [3.05, 3.63) is 111 Å². The molecule has 4 aromatic carbocycles. The van der Waals surface area contributed by atoms with Crippen molar-refractivity contribution in [1.29, 1.82) is 0 Å². The fraction of sp³-hybridized carbons (Fsp3) is 0.103. The van der Waals surface area contributed by atoms with Crippen LogP contribution < -0.4 is 15.4 Å². The number of carbonyl (C=O) groups is 2. The molecule has 11 heteroatoms. The maximum Gasteiger partial charge on any atom is 0.416 e. The number of alkyl halides is 3. The molecule has 0 aliphatic carbocycles. The molecule has 206 valence electrons. The first-order valence-corrected chi connectivity index (χ1v) is 13.3. The minimum absolute atomic E-state index is 0.0340.